The Hall–Kier alpha value is -0.770. The monoisotopic (exact) mass is 242 g/mol. The summed E-state index contributed by atoms with van der Waals surface area (Å²) in [5, 5.41) is 3.95. The number of rotatable bonds is 6. The average molecular weight is 242 g/mol. The third-order valence-corrected chi connectivity index (χ3v) is 3.04. The lowest BCUT2D eigenvalue weighted by Gasteiger charge is -2.36. The van der Waals surface area contributed by atoms with Crippen LogP contribution in [0, 0.1) is 0 Å². The second-order valence-electron chi connectivity index (χ2n) is 4.61. The van der Waals surface area contributed by atoms with E-state index in [0.29, 0.717) is 6.61 Å². The molecule has 0 aromatic rings. The molecule has 0 saturated carbocycles. The number of amides is 1. The molecule has 0 spiro atoms. The van der Waals surface area contributed by atoms with Gasteiger partial charge in [0.15, 0.2) is 0 Å². The number of hydrazine groups is 1. The predicted octanol–water partition coefficient (Wildman–Crippen LogP) is 3.04. The van der Waals surface area contributed by atoms with E-state index in [1.165, 1.54) is 19.3 Å². The van der Waals surface area contributed by atoms with Crippen molar-refractivity contribution in [3.05, 3.63) is 0 Å². The van der Waals surface area contributed by atoms with Crippen LogP contribution < -0.4 is 0 Å². The first-order valence-corrected chi connectivity index (χ1v) is 6.98. The molecule has 1 saturated heterocycles. The van der Waals surface area contributed by atoms with Crippen LogP contribution in [0.5, 0.6) is 0 Å². The molecule has 4 heteroatoms. The molecule has 0 aromatic heterocycles. The van der Waals surface area contributed by atoms with E-state index in [4.69, 9.17) is 4.74 Å². The van der Waals surface area contributed by atoms with Crippen molar-refractivity contribution in [3.8, 4) is 0 Å². The predicted molar refractivity (Wildman–Crippen MR) is 68.7 cm³/mol. The van der Waals surface area contributed by atoms with Crippen LogP contribution in [-0.4, -0.2) is 42.4 Å². The maximum absolute atomic E-state index is 12.0. The quantitative estimate of drug-likeness (QED) is 0.671. The maximum atomic E-state index is 12.0. The molecular weight excluding hydrogens is 216 g/mol. The van der Waals surface area contributed by atoms with E-state index in [2.05, 4.69) is 18.9 Å². The number of carbonyl (C=O) groups is 1. The van der Waals surface area contributed by atoms with Crippen LogP contribution in [0.2, 0.25) is 0 Å². The molecule has 1 amide bonds. The highest BCUT2D eigenvalue weighted by Crippen LogP contribution is 2.13. The first-order valence-electron chi connectivity index (χ1n) is 6.98. The van der Waals surface area contributed by atoms with E-state index in [-0.39, 0.29) is 6.09 Å². The van der Waals surface area contributed by atoms with Crippen LogP contribution >= 0.6 is 0 Å². The zero-order chi connectivity index (χ0) is 12.5. The van der Waals surface area contributed by atoms with E-state index in [9.17, 15) is 4.79 Å². The van der Waals surface area contributed by atoms with E-state index < -0.39 is 0 Å². The van der Waals surface area contributed by atoms with Crippen LogP contribution in [0.15, 0.2) is 0 Å². The molecule has 0 unspecified atom stereocenters. The number of carbonyl (C=O) groups excluding carboxylic acids is 1. The molecule has 0 atom stereocenters. The standard InChI is InChI=1S/C13H26N2O2/c1-3-5-12-17-13(16)15(9-4-2)14-10-7-6-8-11-14/h3-12H2,1-2H3. The molecule has 1 fully saturated rings. The highest BCUT2D eigenvalue weighted by atomic mass is 16.6. The number of nitrogens with zero attached hydrogens (tertiary/aromatic N) is 2. The highest BCUT2D eigenvalue weighted by Gasteiger charge is 2.23. The molecule has 100 valence electrons. The Morgan fingerprint density at radius 2 is 1.88 bits per heavy atom. The summed E-state index contributed by atoms with van der Waals surface area (Å²) in [7, 11) is 0. The zero-order valence-corrected chi connectivity index (χ0v) is 11.3. The molecule has 1 rings (SSSR count). The fourth-order valence-electron chi connectivity index (χ4n) is 2.06. The normalized spacial score (nSPS) is 16.8. The van der Waals surface area contributed by atoms with Crippen molar-refractivity contribution in [3.63, 3.8) is 0 Å². The number of hydrogen-bond acceptors (Lipinski definition) is 3. The Kier molecular flexibility index (Phi) is 7.01. The summed E-state index contributed by atoms with van der Waals surface area (Å²) in [6, 6.07) is 0. The van der Waals surface area contributed by atoms with Gasteiger partial charge in [-0.25, -0.2) is 14.8 Å². The summed E-state index contributed by atoms with van der Waals surface area (Å²) in [6.07, 6.45) is 6.46. The van der Waals surface area contributed by atoms with Crippen molar-refractivity contribution in [2.24, 2.45) is 0 Å². The van der Waals surface area contributed by atoms with Gasteiger partial charge in [-0.3, -0.25) is 0 Å². The Morgan fingerprint density at radius 1 is 1.18 bits per heavy atom. The molecule has 1 aliphatic heterocycles. The summed E-state index contributed by atoms with van der Waals surface area (Å²) in [5.74, 6) is 0. The lowest BCUT2D eigenvalue weighted by atomic mass is 10.2. The number of hydrogen-bond donors (Lipinski definition) is 0. The third-order valence-electron chi connectivity index (χ3n) is 3.04. The Balaban J connectivity index is 2.42. The van der Waals surface area contributed by atoms with Gasteiger partial charge in [0.25, 0.3) is 0 Å². The number of ether oxygens (including phenoxy) is 1. The summed E-state index contributed by atoms with van der Waals surface area (Å²) in [4.78, 5) is 12.0. The summed E-state index contributed by atoms with van der Waals surface area (Å²) in [5.41, 5.74) is 0. The largest absolute Gasteiger partial charge is 0.448 e. The van der Waals surface area contributed by atoms with Gasteiger partial charge in [-0.05, 0) is 25.7 Å². The Bertz CT molecular complexity index is 215. The van der Waals surface area contributed by atoms with Gasteiger partial charge in [-0.15, -0.1) is 0 Å². The van der Waals surface area contributed by atoms with Crippen molar-refractivity contribution in [2.75, 3.05) is 26.2 Å². The minimum absolute atomic E-state index is 0.165. The van der Waals surface area contributed by atoms with Crippen molar-refractivity contribution in [1.29, 1.82) is 0 Å². The van der Waals surface area contributed by atoms with E-state index in [1.54, 1.807) is 5.01 Å². The lowest BCUT2D eigenvalue weighted by molar-refractivity contribution is -0.0341. The van der Waals surface area contributed by atoms with Crippen LogP contribution in [0.25, 0.3) is 0 Å². The summed E-state index contributed by atoms with van der Waals surface area (Å²) >= 11 is 0. The number of piperidine rings is 1. The molecule has 4 nitrogen and oxygen atoms in total. The van der Waals surface area contributed by atoms with Crippen molar-refractivity contribution in [1.82, 2.24) is 10.0 Å². The Labute approximate surface area is 105 Å². The van der Waals surface area contributed by atoms with Gasteiger partial charge in [-0.1, -0.05) is 26.7 Å². The van der Waals surface area contributed by atoms with Gasteiger partial charge < -0.3 is 4.74 Å². The fraction of sp³-hybridized carbons (Fsp3) is 0.923. The first-order chi connectivity index (χ1) is 8.29. The van der Waals surface area contributed by atoms with Crippen molar-refractivity contribution < 1.29 is 9.53 Å². The molecule has 0 aromatic carbocycles. The van der Waals surface area contributed by atoms with Gasteiger partial charge in [0.05, 0.1) is 6.61 Å². The van der Waals surface area contributed by atoms with Gasteiger partial charge in [0, 0.05) is 19.6 Å². The minimum Gasteiger partial charge on any atom is -0.448 e. The fourth-order valence-corrected chi connectivity index (χ4v) is 2.06. The minimum atomic E-state index is -0.165. The van der Waals surface area contributed by atoms with Crippen LogP contribution in [0.4, 0.5) is 4.79 Å². The first kappa shape index (κ1) is 14.3. The molecule has 0 radical (unpaired) electrons. The van der Waals surface area contributed by atoms with Crippen molar-refractivity contribution in [2.45, 2.75) is 52.4 Å². The second kappa shape index (κ2) is 8.34. The maximum Gasteiger partial charge on any atom is 0.424 e. The summed E-state index contributed by atoms with van der Waals surface area (Å²) < 4.78 is 5.30. The molecule has 17 heavy (non-hydrogen) atoms. The molecule has 1 heterocycles. The highest BCUT2D eigenvalue weighted by molar-refractivity contribution is 5.66. The van der Waals surface area contributed by atoms with Crippen LogP contribution in [0.1, 0.15) is 52.4 Å². The SMILES string of the molecule is CCCCOC(=O)N(CCC)N1CCCCC1. The molecule has 0 aliphatic carbocycles. The third kappa shape index (κ3) is 4.94. The number of unbranched alkanes of at least 4 members (excludes halogenated alkanes) is 1. The van der Waals surface area contributed by atoms with E-state index in [1.807, 2.05) is 0 Å². The lowest BCUT2D eigenvalue weighted by Crippen LogP contribution is -2.49. The average Bonchev–Trinajstić information content (AvgIpc) is 2.37. The second-order valence-corrected chi connectivity index (χ2v) is 4.61. The summed E-state index contributed by atoms with van der Waals surface area (Å²) in [6.45, 7) is 7.48. The van der Waals surface area contributed by atoms with Crippen LogP contribution in [-0.2, 0) is 4.74 Å². The molecule has 0 bridgehead atoms. The molecular formula is C13H26N2O2. The zero-order valence-electron chi connectivity index (χ0n) is 11.3. The van der Waals surface area contributed by atoms with Gasteiger partial charge in [-0.2, -0.15) is 0 Å². The van der Waals surface area contributed by atoms with Crippen LogP contribution in [0.3, 0.4) is 0 Å². The van der Waals surface area contributed by atoms with Gasteiger partial charge in [0.1, 0.15) is 0 Å². The Morgan fingerprint density at radius 3 is 2.47 bits per heavy atom. The van der Waals surface area contributed by atoms with E-state index >= 15 is 0 Å². The van der Waals surface area contributed by atoms with E-state index in [0.717, 1.165) is 38.9 Å². The topological polar surface area (TPSA) is 32.8 Å². The van der Waals surface area contributed by atoms with Gasteiger partial charge in [0.2, 0.25) is 0 Å². The van der Waals surface area contributed by atoms with Crippen molar-refractivity contribution >= 4 is 6.09 Å². The smallest absolute Gasteiger partial charge is 0.424 e. The molecule has 0 N–H and O–H groups in total. The van der Waals surface area contributed by atoms with Gasteiger partial charge >= 0.3 is 6.09 Å². The molecule has 1 aliphatic rings.